The minimum Gasteiger partial charge on any atom is -0.361 e. The SMILES string of the molecule is CCc1nc(CN2C[C@H](C)C(=O)N(Cc3ccccc3)c3ccccc32)no1. The molecule has 6 heteroatoms. The van der Waals surface area contributed by atoms with E-state index >= 15 is 0 Å². The number of rotatable bonds is 5. The quantitative estimate of drug-likeness (QED) is 0.677. The fraction of sp³-hybridized carbons (Fsp3) is 0.318. The van der Waals surface area contributed by atoms with Crippen LogP contribution in [0.3, 0.4) is 0 Å². The van der Waals surface area contributed by atoms with Crippen molar-refractivity contribution < 1.29 is 9.32 Å². The third kappa shape index (κ3) is 3.63. The van der Waals surface area contributed by atoms with Gasteiger partial charge in [-0.05, 0) is 17.7 Å². The van der Waals surface area contributed by atoms with Crippen molar-refractivity contribution in [3.05, 3.63) is 71.9 Å². The molecule has 6 nitrogen and oxygen atoms in total. The van der Waals surface area contributed by atoms with Crippen LogP contribution in [0.5, 0.6) is 0 Å². The summed E-state index contributed by atoms with van der Waals surface area (Å²) in [6, 6.07) is 18.1. The van der Waals surface area contributed by atoms with E-state index in [1.54, 1.807) is 0 Å². The average Bonchev–Trinajstić information content (AvgIpc) is 3.16. The molecule has 0 saturated carbocycles. The molecule has 1 atom stereocenters. The summed E-state index contributed by atoms with van der Waals surface area (Å²) < 4.78 is 5.26. The third-order valence-corrected chi connectivity index (χ3v) is 5.02. The number of nitrogens with zero attached hydrogens (tertiary/aromatic N) is 4. The van der Waals surface area contributed by atoms with Crippen LogP contribution >= 0.6 is 0 Å². The van der Waals surface area contributed by atoms with E-state index in [1.165, 1.54) is 0 Å². The van der Waals surface area contributed by atoms with Crippen LogP contribution in [-0.2, 0) is 24.3 Å². The van der Waals surface area contributed by atoms with Crippen LogP contribution in [0.1, 0.15) is 31.1 Å². The number of para-hydroxylation sites is 2. The molecular formula is C22H24N4O2. The number of carbonyl (C=O) groups is 1. The van der Waals surface area contributed by atoms with Crippen LogP contribution in [0.25, 0.3) is 0 Å². The van der Waals surface area contributed by atoms with Crippen LogP contribution in [0.2, 0.25) is 0 Å². The van der Waals surface area contributed by atoms with Crippen molar-refractivity contribution >= 4 is 17.3 Å². The summed E-state index contributed by atoms with van der Waals surface area (Å²) in [7, 11) is 0. The maximum Gasteiger partial charge on any atom is 0.231 e. The van der Waals surface area contributed by atoms with E-state index in [2.05, 4.69) is 33.2 Å². The van der Waals surface area contributed by atoms with Gasteiger partial charge in [-0.3, -0.25) is 4.79 Å². The Labute approximate surface area is 164 Å². The maximum atomic E-state index is 13.2. The van der Waals surface area contributed by atoms with Crippen molar-refractivity contribution in [2.45, 2.75) is 33.4 Å². The minimum absolute atomic E-state index is 0.126. The van der Waals surface area contributed by atoms with Gasteiger partial charge in [-0.25, -0.2) is 0 Å². The average molecular weight is 376 g/mol. The van der Waals surface area contributed by atoms with Gasteiger partial charge in [-0.2, -0.15) is 4.98 Å². The highest BCUT2D eigenvalue weighted by Crippen LogP contribution is 2.35. The summed E-state index contributed by atoms with van der Waals surface area (Å²) >= 11 is 0. The van der Waals surface area contributed by atoms with Crippen molar-refractivity contribution in [1.82, 2.24) is 10.1 Å². The highest BCUT2D eigenvalue weighted by Gasteiger charge is 2.31. The number of hydrogen-bond donors (Lipinski definition) is 0. The molecule has 2 aromatic carbocycles. The number of aromatic nitrogens is 2. The largest absolute Gasteiger partial charge is 0.361 e. The summed E-state index contributed by atoms with van der Waals surface area (Å²) in [5.41, 5.74) is 3.04. The predicted molar refractivity (Wildman–Crippen MR) is 108 cm³/mol. The van der Waals surface area contributed by atoms with Crippen LogP contribution in [-0.4, -0.2) is 22.6 Å². The van der Waals surface area contributed by atoms with Crippen molar-refractivity contribution in [1.29, 1.82) is 0 Å². The second kappa shape index (κ2) is 7.84. The number of fused-ring (bicyclic) bond motifs is 1. The Morgan fingerprint density at radius 3 is 2.46 bits per heavy atom. The molecule has 28 heavy (non-hydrogen) atoms. The van der Waals surface area contributed by atoms with Gasteiger partial charge >= 0.3 is 0 Å². The molecule has 0 N–H and O–H groups in total. The summed E-state index contributed by atoms with van der Waals surface area (Å²) in [5, 5.41) is 4.09. The second-order valence-electron chi connectivity index (χ2n) is 7.14. The Balaban J connectivity index is 1.69. The van der Waals surface area contributed by atoms with E-state index < -0.39 is 0 Å². The van der Waals surface area contributed by atoms with E-state index in [-0.39, 0.29) is 11.8 Å². The van der Waals surface area contributed by atoms with Gasteiger partial charge in [0.05, 0.1) is 30.4 Å². The first-order valence-corrected chi connectivity index (χ1v) is 9.66. The third-order valence-electron chi connectivity index (χ3n) is 5.02. The number of amides is 1. The molecule has 0 saturated heterocycles. The Hall–Kier alpha value is -3.15. The second-order valence-corrected chi connectivity index (χ2v) is 7.14. The molecule has 3 aromatic rings. The topological polar surface area (TPSA) is 62.5 Å². The Bertz CT molecular complexity index is 954. The lowest BCUT2D eigenvalue weighted by Gasteiger charge is -2.26. The van der Waals surface area contributed by atoms with Crippen molar-refractivity contribution in [2.24, 2.45) is 5.92 Å². The van der Waals surface area contributed by atoms with Gasteiger partial charge in [-0.15, -0.1) is 0 Å². The fourth-order valence-electron chi connectivity index (χ4n) is 3.60. The number of aryl methyl sites for hydroxylation is 1. The molecule has 1 aromatic heterocycles. The summed E-state index contributed by atoms with van der Waals surface area (Å²) in [6.07, 6.45) is 0.712. The van der Waals surface area contributed by atoms with Gasteiger partial charge in [0, 0.05) is 13.0 Å². The molecule has 0 radical (unpaired) electrons. The van der Waals surface area contributed by atoms with Gasteiger partial charge in [0.2, 0.25) is 11.8 Å². The molecule has 1 amide bonds. The highest BCUT2D eigenvalue weighted by molar-refractivity contribution is 5.99. The lowest BCUT2D eigenvalue weighted by atomic mass is 10.1. The van der Waals surface area contributed by atoms with Gasteiger partial charge in [0.1, 0.15) is 0 Å². The van der Waals surface area contributed by atoms with Crippen molar-refractivity contribution in [2.75, 3.05) is 16.3 Å². The first-order chi connectivity index (χ1) is 13.7. The van der Waals surface area contributed by atoms with Gasteiger partial charge in [0.15, 0.2) is 5.82 Å². The van der Waals surface area contributed by atoms with Crippen molar-refractivity contribution in [3.8, 4) is 0 Å². The maximum absolute atomic E-state index is 13.2. The molecule has 0 fully saturated rings. The number of anilines is 2. The number of hydrogen-bond acceptors (Lipinski definition) is 5. The Morgan fingerprint density at radius 1 is 1.04 bits per heavy atom. The molecule has 0 bridgehead atoms. The standard InChI is InChI=1S/C22H24N4O2/c1-3-21-23-20(24-28-21)15-25-13-16(2)22(27)26(14-17-9-5-4-6-10-17)19-12-8-7-11-18(19)25/h4-12,16H,3,13-15H2,1-2H3/t16-/m0/s1. The van der Waals surface area contributed by atoms with E-state index in [4.69, 9.17) is 4.52 Å². The van der Waals surface area contributed by atoms with Crippen LogP contribution in [0.15, 0.2) is 59.1 Å². The van der Waals surface area contributed by atoms with E-state index in [0.29, 0.717) is 37.8 Å². The Kier molecular flexibility index (Phi) is 5.10. The van der Waals surface area contributed by atoms with E-state index in [9.17, 15) is 4.79 Å². The molecule has 1 aliphatic rings. The molecule has 1 aliphatic heterocycles. The van der Waals surface area contributed by atoms with Gasteiger partial charge in [-0.1, -0.05) is 61.5 Å². The molecule has 2 heterocycles. The lowest BCUT2D eigenvalue weighted by molar-refractivity contribution is -0.121. The van der Waals surface area contributed by atoms with Crippen molar-refractivity contribution in [3.63, 3.8) is 0 Å². The molecule has 0 spiro atoms. The number of carbonyl (C=O) groups excluding carboxylic acids is 1. The molecule has 4 rings (SSSR count). The first kappa shape index (κ1) is 18.2. The smallest absolute Gasteiger partial charge is 0.231 e. The first-order valence-electron chi connectivity index (χ1n) is 9.66. The molecule has 0 aliphatic carbocycles. The molecular weight excluding hydrogens is 352 g/mol. The number of benzene rings is 2. The zero-order valence-corrected chi connectivity index (χ0v) is 16.2. The minimum atomic E-state index is -0.145. The van der Waals surface area contributed by atoms with Crippen LogP contribution in [0, 0.1) is 5.92 Å². The summed E-state index contributed by atoms with van der Waals surface area (Å²) in [6.45, 7) is 5.64. The van der Waals surface area contributed by atoms with Crippen LogP contribution < -0.4 is 9.80 Å². The zero-order chi connectivity index (χ0) is 19.5. The monoisotopic (exact) mass is 376 g/mol. The molecule has 0 unspecified atom stereocenters. The van der Waals surface area contributed by atoms with Gasteiger partial charge in [0.25, 0.3) is 0 Å². The van der Waals surface area contributed by atoms with E-state index in [0.717, 1.165) is 16.9 Å². The highest BCUT2D eigenvalue weighted by atomic mass is 16.5. The van der Waals surface area contributed by atoms with Crippen LogP contribution in [0.4, 0.5) is 11.4 Å². The molecule has 144 valence electrons. The Morgan fingerprint density at radius 2 is 1.75 bits per heavy atom. The summed E-state index contributed by atoms with van der Waals surface area (Å²) in [4.78, 5) is 21.7. The predicted octanol–water partition coefficient (Wildman–Crippen LogP) is 3.82. The summed E-state index contributed by atoms with van der Waals surface area (Å²) in [5.74, 6) is 1.26. The lowest BCUT2D eigenvalue weighted by Crippen LogP contribution is -2.36. The fourth-order valence-corrected chi connectivity index (χ4v) is 3.60. The normalized spacial score (nSPS) is 16.8. The van der Waals surface area contributed by atoms with E-state index in [1.807, 2.05) is 55.1 Å². The zero-order valence-electron chi connectivity index (χ0n) is 16.2. The van der Waals surface area contributed by atoms with Gasteiger partial charge < -0.3 is 14.3 Å².